The van der Waals surface area contributed by atoms with Gasteiger partial charge in [-0.3, -0.25) is 9.11 Å². The molecule has 0 amide bonds. The number of aliphatic hydroxyl groups is 10. The number of carbonyl (C=O) groups is 1. The standard InChI is InChI=1S/C89H116N12O18S4/c1-57(102)77(86(111)94-69(44-49-121-8)82(107)99-78(58(2)103)87(112)113)98-81(106)67(37-24-25-45-90)92-85(110)72(55-62-56-91-66-36-22-20-34-63(62)66)97-84(109)71(53-60-32-16-13-17-33-60)96-80(105)68(43-48-120-7)93-83(108)70(52-59-30-14-12-15-31-59)95-79(104)61-41-42-74-65(54-61)89(5,6)76(101(74)47-27-29-51-123(117,118)119)40-19-11-9-10-18-39-75-88(3,4)64-35-21-23-38-73(64)100(75)46-26-28-50-122(114,115)116/h9-23,30-36,38-42,54,56-58,67-72,77-78,91,102-103H,24-29,37,43-53,55,90H2,1-8H3,(H10-,92,93,94,95,96,97,98,99,104,105,106,107,108,109,110,111,112,113,114,115,116,117,118,119)/p+1/t57-,58-,67+,68+,69+,70-,71+,72-,77+,78+/m1/s1. The third-order valence-corrected chi connectivity index (χ3v) is 24.1. The fourth-order valence-electron chi connectivity index (χ4n) is 14.6. The number of rotatable bonds is 49. The quantitative estimate of drug-likeness (QED) is 0.00421. The van der Waals surface area contributed by atoms with Crippen LogP contribution >= 0.6 is 23.5 Å². The molecule has 0 radical (unpaired) electrons. The van der Waals surface area contributed by atoms with E-state index in [0.717, 1.165) is 44.8 Å². The van der Waals surface area contributed by atoms with Crippen molar-refractivity contribution in [3.63, 3.8) is 0 Å². The molecule has 30 nitrogen and oxygen atoms in total. The van der Waals surface area contributed by atoms with Crippen molar-refractivity contribution in [1.29, 1.82) is 0 Å². The van der Waals surface area contributed by atoms with Crippen LogP contribution in [0.3, 0.4) is 0 Å². The largest absolute Gasteiger partial charge is 0.495 e. The third-order valence-electron chi connectivity index (χ3n) is 21.2. The molecule has 34 heteroatoms. The number of anilines is 1. The lowest BCUT2D eigenvalue weighted by molar-refractivity contribution is -0.438. The van der Waals surface area contributed by atoms with Crippen LogP contribution in [0.4, 0.5) is 11.4 Å². The van der Waals surface area contributed by atoms with E-state index in [1.807, 2.05) is 129 Å². The van der Waals surface area contributed by atoms with Crippen LogP contribution in [0.2, 0.25) is 0 Å². The summed E-state index contributed by atoms with van der Waals surface area (Å²) in [5.74, 6) is -7.27. The third kappa shape index (κ3) is 28.6. The van der Waals surface area contributed by atoms with E-state index in [9.17, 15) is 86.9 Å². The second-order valence-corrected chi connectivity index (χ2v) is 36.4. The van der Waals surface area contributed by atoms with Crippen molar-refractivity contribution in [3.8, 4) is 0 Å². The van der Waals surface area contributed by atoms with Gasteiger partial charge in [-0.1, -0.05) is 141 Å². The number of allylic oxidation sites excluding steroid dienone is 8. The number of H-pyrrole nitrogens is 1. The molecular weight excluding hydrogens is 1650 g/mol. The number of nitrogens with zero attached hydrogens (tertiary/aromatic N) is 10. The highest BCUT2D eigenvalue weighted by molar-refractivity contribution is 7.98. The Labute approximate surface area is 727 Å². The van der Waals surface area contributed by atoms with Crippen molar-refractivity contribution in [2.24, 2.45) is 45.7 Å². The van der Waals surface area contributed by atoms with Crippen LogP contribution in [-0.4, -0.2) is 266 Å². The molecule has 5 aromatic carbocycles. The van der Waals surface area contributed by atoms with Crippen molar-refractivity contribution in [3.05, 3.63) is 215 Å². The number of nitrogens with one attached hydrogen (secondary N) is 1. The highest BCUT2D eigenvalue weighted by Gasteiger charge is 2.45. The minimum Gasteiger partial charge on any atom is -0.495 e. The lowest BCUT2D eigenvalue weighted by Crippen LogP contribution is -2.36. The Hall–Kier alpha value is -10.3. The number of aliphatic imine (C=N–C) groups is 8. The van der Waals surface area contributed by atoms with Crippen LogP contribution in [0.15, 0.2) is 222 Å². The molecule has 0 aliphatic carbocycles. The van der Waals surface area contributed by atoms with Gasteiger partial charge in [-0.15, -0.1) is 0 Å². The fourth-order valence-corrected chi connectivity index (χ4v) is 16.7. The van der Waals surface area contributed by atoms with E-state index in [1.54, 1.807) is 67.0 Å². The Balaban J connectivity index is 1.15. The molecule has 0 spiro atoms. The van der Waals surface area contributed by atoms with Crippen molar-refractivity contribution in [2.75, 3.05) is 60.1 Å². The summed E-state index contributed by atoms with van der Waals surface area (Å²) in [5.41, 5.74) is 13.3. The van der Waals surface area contributed by atoms with Gasteiger partial charge in [0.25, 0.3) is 20.2 Å². The molecule has 10 atom stereocenters. The maximum atomic E-state index is 12.6. The lowest BCUT2D eigenvalue weighted by Gasteiger charge is -2.27. The molecule has 6 aromatic rings. The summed E-state index contributed by atoms with van der Waals surface area (Å²) in [7, 11) is -8.34. The number of aliphatic carboxylic acids is 1. The number of carboxylic acid groups (broad SMARTS) is 1. The first-order chi connectivity index (χ1) is 58.5. The number of hydrogen-bond acceptors (Lipinski definition) is 19. The second-order valence-electron chi connectivity index (χ2n) is 31.3. The van der Waals surface area contributed by atoms with Gasteiger partial charge in [0.1, 0.15) is 42.8 Å². The second kappa shape index (κ2) is 46.4. The molecule has 664 valence electrons. The molecule has 0 fully saturated rings. The van der Waals surface area contributed by atoms with Gasteiger partial charge in [0, 0.05) is 89.4 Å². The maximum absolute atomic E-state index is 12.6. The Kier molecular flexibility index (Phi) is 37.0. The smallest absolute Gasteiger partial charge is 0.331 e. The number of benzene rings is 5. The topological polar surface area (TPSA) is 495 Å². The number of aliphatic hydroxyl groups excluding tert-OH is 10. The average molecular weight is 1770 g/mol. The Bertz CT molecular complexity index is 5210. The van der Waals surface area contributed by atoms with Crippen molar-refractivity contribution >= 4 is 125 Å². The van der Waals surface area contributed by atoms with Crippen LogP contribution < -0.4 is 10.6 Å². The molecule has 0 bridgehead atoms. The van der Waals surface area contributed by atoms with Crippen molar-refractivity contribution < 1.29 is 91.5 Å². The number of aromatic amines is 1. The summed E-state index contributed by atoms with van der Waals surface area (Å²) in [6.45, 7) is 11.8. The molecule has 16 N–H and O–H groups in total. The number of carboxylic acids is 1. The molecule has 123 heavy (non-hydrogen) atoms. The van der Waals surface area contributed by atoms with E-state index < -0.39 is 145 Å². The van der Waals surface area contributed by atoms with Crippen molar-refractivity contribution in [1.82, 2.24) is 4.98 Å². The predicted molar refractivity (Wildman–Crippen MR) is 495 cm³/mol. The average Bonchev–Trinajstić information content (AvgIpc) is 1.60. The van der Waals surface area contributed by atoms with Gasteiger partial charge in [-0.2, -0.15) is 44.9 Å². The van der Waals surface area contributed by atoms with E-state index in [2.05, 4.69) is 54.3 Å². The molecule has 3 heterocycles. The normalized spacial score (nSPS) is 18.2. The summed E-state index contributed by atoms with van der Waals surface area (Å²) in [6.07, 6.45) is 17.6. The highest BCUT2D eigenvalue weighted by atomic mass is 32.2. The summed E-state index contributed by atoms with van der Waals surface area (Å²) in [5, 5.41) is 129. The molecule has 0 saturated heterocycles. The van der Waals surface area contributed by atoms with Crippen molar-refractivity contribution in [2.45, 2.75) is 190 Å². The zero-order valence-corrected chi connectivity index (χ0v) is 73.8. The number of aromatic nitrogens is 1. The van der Waals surface area contributed by atoms with Crippen LogP contribution in [0.25, 0.3) is 10.9 Å². The highest BCUT2D eigenvalue weighted by Crippen LogP contribution is 2.48. The zero-order valence-electron chi connectivity index (χ0n) is 70.5. The maximum Gasteiger partial charge on any atom is 0.331 e. The summed E-state index contributed by atoms with van der Waals surface area (Å²) in [4.78, 5) is 52.9. The van der Waals surface area contributed by atoms with Crippen LogP contribution in [0.1, 0.15) is 133 Å². The number of nitrogens with two attached hydrogens (primary N) is 1. The fraction of sp³-hybridized carbons (Fsp3) is 0.438. The van der Waals surface area contributed by atoms with Gasteiger partial charge in [0.15, 0.2) is 17.8 Å². The monoisotopic (exact) mass is 1770 g/mol. The number of fused-ring (bicyclic) bond motifs is 3. The number of hydrogen-bond donors (Lipinski definition) is 15. The minimum atomic E-state index is -4.25. The van der Waals surface area contributed by atoms with Gasteiger partial charge >= 0.3 is 5.97 Å². The number of para-hydroxylation sites is 2. The van der Waals surface area contributed by atoms with Gasteiger partial charge in [-0.05, 0) is 162 Å². The summed E-state index contributed by atoms with van der Waals surface area (Å²) >= 11 is 2.76. The Morgan fingerprint density at radius 2 is 1.01 bits per heavy atom. The molecule has 2 aliphatic heterocycles. The minimum absolute atomic E-state index is 0.00147. The van der Waals surface area contributed by atoms with E-state index in [-0.39, 0.29) is 68.2 Å². The van der Waals surface area contributed by atoms with Gasteiger partial charge in [0.2, 0.25) is 52.9 Å². The van der Waals surface area contributed by atoms with E-state index in [1.165, 1.54) is 37.4 Å². The molecule has 0 saturated carbocycles. The first kappa shape index (κ1) is 98.1. The first-order valence-electron chi connectivity index (χ1n) is 40.8. The molecule has 2 aliphatic rings. The van der Waals surface area contributed by atoms with E-state index in [0.29, 0.717) is 73.4 Å². The van der Waals surface area contributed by atoms with Crippen LogP contribution in [0.5, 0.6) is 0 Å². The van der Waals surface area contributed by atoms with Gasteiger partial charge in [-0.25, -0.2) is 44.7 Å². The number of thioether (sulfide) groups is 2. The van der Waals surface area contributed by atoms with Gasteiger partial charge < -0.3 is 71.8 Å². The summed E-state index contributed by atoms with van der Waals surface area (Å²) < 4.78 is 68.1. The van der Waals surface area contributed by atoms with Crippen LogP contribution in [-0.2, 0) is 55.1 Å². The van der Waals surface area contributed by atoms with E-state index in [4.69, 9.17) is 25.7 Å². The zero-order chi connectivity index (χ0) is 89.8. The predicted octanol–water partition coefficient (Wildman–Crippen LogP) is 13.4. The Morgan fingerprint density at radius 1 is 0.520 bits per heavy atom. The van der Waals surface area contributed by atoms with Gasteiger partial charge in [0.05, 0.1) is 29.1 Å². The molecule has 0 unspecified atom stereocenters. The van der Waals surface area contributed by atoms with E-state index >= 15 is 0 Å². The Morgan fingerprint density at radius 3 is 1.58 bits per heavy atom. The SMILES string of the molecule is CSCC[C@H](N=C(O)[C@@H](N=C(O)[C@H](CCCCN)N=C(O)[C@@H](Cc1c[nH]c2ccccc12)N=C(O)[C@H](Cc1ccccc1)N=C(O)[C@H](CCSC)N=C(O)[C@@H](Cc1ccccc1)N=C(O)c1ccc2c(c1)C(C)(C)C(=CC=CC=CC=CC1=[N+](CCCCS(=O)(=O)O)c3ccccc3C1(C)C)N2CCCCS(=O)(=O)O)[C@@H](C)O)C(O)=N[C@H](C(=O)O)[C@@H](C)O. The molecular formula is C89H117N12O18S4+. The lowest BCUT2D eigenvalue weighted by atomic mass is 9.81. The first-order valence-corrected chi connectivity index (χ1v) is 46.8. The molecule has 1 aromatic heterocycles. The molecule has 8 rings (SSSR count). The summed E-state index contributed by atoms with van der Waals surface area (Å²) in [6, 6.07) is 26.8. The van der Waals surface area contributed by atoms with Crippen LogP contribution in [0, 0.1) is 0 Å². The number of unbranched alkanes of at least 4 members (excludes halogenated alkanes) is 3.